The van der Waals surface area contributed by atoms with E-state index in [1.807, 2.05) is 0 Å². The lowest BCUT2D eigenvalue weighted by molar-refractivity contribution is -0.315. The quantitative estimate of drug-likeness (QED) is 0.734. The molecule has 0 amide bonds. The van der Waals surface area contributed by atoms with Gasteiger partial charge in [-0.1, -0.05) is 0 Å². The molecule has 0 aliphatic carbocycles. The molecular formula is C13H24O6. The van der Waals surface area contributed by atoms with Crippen molar-refractivity contribution in [2.75, 3.05) is 6.61 Å². The summed E-state index contributed by atoms with van der Waals surface area (Å²) in [5.41, 5.74) is -0.672. The van der Waals surface area contributed by atoms with Gasteiger partial charge in [-0.15, -0.1) is 0 Å². The van der Waals surface area contributed by atoms with Crippen LogP contribution in [0.25, 0.3) is 0 Å². The molecule has 0 radical (unpaired) electrons. The first-order chi connectivity index (χ1) is 8.54. The van der Waals surface area contributed by atoms with Gasteiger partial charge in [0.05, 0.1) is 12.7 Å². The Morgan fingerprint density at radius 1 is 1.42 bits per heavy atom. The highest BCUT2D eigenvalue weighted by atomic mass is 16.7. The highest BCUT2D eigenvalue weighted by molar-refractivity contribution is 5.75. The number of carbonyl (C=O) groups excluding carboxylic acids is 1. The minimum absolute atomic E-state index is 0.190. The predicted octanol–water partition coefficient (Wildman–Crippen LogP) is 0.591. The monoisotopic (exact) mass is 276 g/mol. The summed E-state index contributed by atoms with van der Waals surface area (Å²) in [4.78, 5) is 11.8. The average molecular weight is 276 g/mol. The van der Waals surface area contributed by atoms with E-state index >= 15 is 0 Å². The molecule has 0 aromatic carbocycles. The van der Waals surface area contributed by atoms with Gasteiger partial charge >= 0.3 is 5.97 Å². The van der Waals surface area contributed by atoms with Crippen LogP contribution in [0.2, 0.25) is 0 Å². The van der Waals surface area contributed by atoms with Crippen LogP contribution >= 0.6 is 0 Å². The third kappa shape index (κ3) is 5.06. The maximum Gasteiger partial charge on any atom is 0.338 e. The van der Waals surface area contributed by atoms with Crippen LogP contribution in [0.4, 0.5) is 0 Å². The molecule has 0 aromatic rings. The number of esters is 1. The van der Waals surface area contributed by atoms with Gasteiger partial charge in [-0.2, -0.15) is 0 Å². The molecular weight excluding hydrogens is 252 g/mol. The molecule has 0 spiro atoms. The zero-order chi connectivity index (χ0) is 14.8. The average Bonchev–Trinajstić information content (AvgIpc) is 2.23. The van der Waals surface area contributed by atoms with E-state index in [1.165, 1.54) is 0 Å². The number of ether oxygens (including phenoxy) is 3. The number of carbonyl (C=O) groups is 1. The van der Waals surface area contributed by atoms with Crippen LogP contribution < -0.4 is 0 Å². The van der Waals surface area contributed by atoms with E-state index in [1.54, 1.807) is 34.6 Å². The van der Waals surface area contributed by atoms with Gasteiger partial charge < -0.3 is 24.4 Å². The van der Waals surface area contributed by atoms with Crippen LogP contribution in [0.15, 0.2) is 0 Å². The van der Waals surface area contributed by atoms with Crippen LogP contribution in [0.3, 0.4) is 0 Å². The zero-order valence-electron chi connectivity index (χ0n) is 12.2. The maximum atomic E-state index is 11.8. The van der Waals surface area contributed by atoms with Crippen LogP contribution in [-0.4, -0.2) is 52.5 Å². The van der Waals surface area contributed by atoms with Gasteiger partial charge in [0.1, 0.15) is 11.7 Å². The Kier molecular flexibility index (Phi) is 4.95. The highest BCUT2D eigenvalue weighted by Crippen LogP contribution is 2.28. The summed E-state index contributed by atoms with van der Waals surface area (Å²) in [6.07, 6.45) is -2.38. The van der Waals surface area contributed by atoms with Crippen LogP contribution in [0.5, 0.6) is 0 Å². The van der Waals surface area contributed by atoms with Crippen molar-refractivity contribution in [1.82, 2.24) is 0 Å². The molecule has 1 rings (SSSR count). The summed E-state index contributed by atoms with van der Waals surface area (Å²) < 4.78 is 16.1. The number of aliphatic hydroxyl groups is 2. The molecule has 2 N–H and O–H groups in total. The minimum atomic E-state index is -1.39. The lowest BCUT2D eigenvalue weighted by Gasteiger charge is -2.41. The van der Waals surface area contributed by atoms with E-state index < -0.39 is 35.7 Å². The van der Waals surface area contributed by atoms with Gasteiger partial charge in [0.2, 0.25) is 0 Å². The second kappa shape index (κ2) is 5.75. The second-order valence-corrected chi connectivity index (χ2v) is 6.19. The normalized spacial score (nSPS) is 28.8. The highest BCUT2D eigenvalue weighted by Gasteiger charge is 2.41. The second-order valence-electron chi connectivity index (χ2n) is 6.19. The summed E-state index contributed by atoms with van der Waals surface area (Å²) in [6.45, 7) is 8.33. The van der Waals surface area contributed by atoms with Gasteiger partial charge in [0.15, 0.2) is 11.9 Å². The Morgan fingerprint density at radius 2 is 2.00 bits per heavy atom. The maximum absolute atomic E-state index is 11.8. The topological polar surface area (TPSA) is 85.2 Å². The molecule has 0 aromatic heterocycles. The van der Waals surface area contributed by atoms with Crippen molar-refractivity contribution in [2.24, 2.45) is 0 Å². The molecule has 112 valence electrons. The number of aliphatic hydroxyl groups excluding tert-OH is 2. The molecule has 1 aliphatic rings. The Labute approximate surface area is 113 Å². The van der Waals surface area contributed by atoms with Crippen molar-refractivity contribution < 1.29 is 29.2 Å². The van der Waals surface area contributed by atoms with E-state index in [4.69, 9.17) is 19.3 Å². The minimum Gasteiger partial charge on any atom is -0.458 e. The predicted molar refractivity (Wildman–Crippen MR) is 67.4 cm³/mol. The van der Waals surface area contributed by atoms with E-state index in [9.17, 15) is 9.90 Å². The van der Waals surface area contributed by atoms with Crippen LogP contribution in [0, 0.1) is 0 Å². The molecule has 1 heterocycles. The van der Waals surface area contributed by atoms with Crippen LogP contribution in [0.1, 0.15) is 41.0 Å². The van der Waals surface area contributed by atoms with Gasteiger partial charge in [0.25, 0.3) is 0 Å². The van der Waals surface area contributed by atoms with Crippen LogP contribution in [-0.2, 0) is 19.0 Å². The fraction of sp³-hybridized carbons (Fsp3) is 0.923. The molecule has 6 heteroatoms. The number of hydrogen-bond donors (Lipinski definition) is 2. The standard InChI is InChI=1S/C13H24O6/c1-12(2,3)19-11(16)10(15)9-6-8(7-14)17-13(4,5)18-9/h8-10,14-15H,6-7H2,1-5H3/t8-,9+,10?/m0/s1. The van der Waals surface area contributed by atoms with Crippen molar-refractivity contribution in [3.63, 3.8) is 0 Å². The van der Waals surface area contributed by atoms with Crippen molar-refractivity contribution in [3.8, 4) is 0 Å². The van der Waals surface area contributed by atoms with E-state index in [0.717, 1.165) is 0 Å². The fourth-order valence-corrected chi connectivity index (χ4v) is 1.97. The first-order valence-electron chi connectivity index (χ1n) is 6.41. The number of hydrogen-bond acceptors (Lipinski definition) is 6. The summed E-state index contributed by atoms with van der Waals surface area (Å²) in [6, 6.07) is 0. The SMILES string of the molecule is CC(C)(C)OC(=O)C(O)[C@H]1C[C@@H](CO)OC(C)(C)O1. The lowest BCUT2D eigenvalue weighted by atomic mass is 10.0. The van der Waals surface area contributed by atoms with Gasteiger partial charge in [0, 0.05) is 6.42 Å². The summed E-state index contributed by atoms with van der Waals surface area (Å²) in [7, 11) is 0. The Hall–Kier alpha value is -0.690. The molecule has 1 saturated heterocycles. The molecule has 6 nitrogen and oxygen atoms in total. The lowest BCUT2D eigenvalue weighted by Crippen LogP contribution is -2.52. The summed E-state index contributed by atoms with van der Waals surface area (Å²) in [5.74, 6) is -1.69. The summed E-state index contributed by atoms with van der Waals surface area (Å²) in [5, 5.41) is 19.2. The van der Waals surface area contributed by atoms with Crippen molar-refractivity contribution in [2.45, 2.75) is 70.7 Å². The Balaban J connectivity index is 2.70. The molecule has 3 atom stereocenters. The molecule has 1 aliphatic heterocycles. The molecule has 1 fully saturated rings. The molecule has 0 bridgehead atoms. The zero-order valence-corrected chi connectivity index (χ0v) is 12.2. The largest absolute Gasteiger partial charge is 0.458 e. The van der Waals surface area contributed by atoms with Crippen molar-refractivity contribution in [1.29, 1.82) is 0 Å². The van der Waals surface area contributed by atoms with E-state index in [-0.39, 0.29) is 13.0 Å². The Bertz CT molecular complexity index is 320. The number of rotatable bonds is 3. The summed E-state index contributed by atoms with van der Waals surface area (Å²) >= 11 is 0. The van der Waals surface area contributed by atoms with Crippen molar-refractivity contribution in [3.05, 3.63) is 0 Å². The third-order valence-electron chi connectivity index (χ3n) is 2.58. The molecule has 1 unspecified atom stereocenters. The smallest absolute Gasteiger partial charge is 0.338 e. The first-order valence-corrected chi connectivity index (χ1v) is 6.41. The Morgan fingerprint density at radius 3 is 2.47 bits per heavy atom. The fourth-order valence-electron chi connectivity index (χ4n) is 1.97. The van der Waals surface area contributed by atoms with E-state index in [2.05, 4.69) is 0 Å². The molecule has 0 saturated carbocycles. The van der Waals surface area contributed by atoms with Gasteiger partial charge in [-0.25, -0.2) is 4.79 Å². The first kappa shape index (κ1) is 16.4. The van der Waals surface area contributed by atoms with E-state index in [0.29, 0.717) is 0 Å². The van der Waals surface area contributed by atoms with Gasteiger partial charge in [-0.3, -0.25) is 0 Å². The molecule has 19 heavy (non-hydrogen) atoms. The van der Waals surface area contributed by atoms with Crippen molar-refractivity contribution >= 4 is 5.97 Å². The third-order valence-corrected chi connectivity index (χ3v) is 2.58. The van der Waals surface area contributed by atoms with Gasteiger partial charge in [-0.05, 0) is 34.6 Å².